The maximum Gasteiger partial charge on any atom is 0.323 e. The summed E-state index contributed by atoms with van der Waals surface area (Å²) in [6, 6.07) is 14.5. The van der Waals surface area contributed by atoms with Crippen LogP contribution in [-0.4, -0.2) is 59.0 Å². The summed E-state index contributed by atoms with van der Waals surface area (Å²) in [5.41, 5.74) is 9.67. The molecule has 2 saturated carbocycles. The molecule has 0 aliphatic heterocycles. The Kier molecular flexibility index (Phi) is 14.5. The molecule has 60 heavy (non-hydrogen) atoms. The van der Waals surface area contributed by atoms with E-state index < -0.39 is 12.1 Å². The third-order valence-electron chi connectivity index (χ3n) is 11.4. The summed E-state index contributed by atoms with van der Waals surface area (Å²) in [5.74, 6) is -0.332. The molecule has 0 radical (unpaired) electrons. The summed E-state index contributed by atoms with van der Waals surface area (Å²) in [4.78, 5) is 61.7. The SMILES string of the molecule is CCOC(=O)C(NCc1cnc(C(=O)Nc2cccc(-c3cccc(NC(=O)c4cc(C5CC5)c(CN[C@H](C(=O)OCC)C(C)C)cn4)c3C)c2C)cc1C1CC1)C(C)C. The van der Waals surface area contributed by atoms with Gasteiger partial charge >= 0.3 is 11.9 Å². The van der Waals surface area contributed by atoms with Crippen LogP contribution in [0.15, 0.2) is 60.9 Å². The van der Waals surface area contributed by atoms with Gasteiger partial charge in [-0.25, -0.2) is 0 Å². The van der Waals surface area contributed by atoms with Crippen molar-refractivity contribution in [2.24, 2.45) is 11.8 Å². The molecule has 2 heterocycles. The third-order valence-corrected chi connectivity index (χ3v) is 11.4. The number of pyridine rings is 2. The first-order chi connectivity index (χ1) is 28.8. The molecule has 2 aromatic heterocycles. The Hall–Kier alpha value is -5.46. The number of carbonyl (C=O) groups excluding carboxylic acids is 4. The van der Waals surface area contributed by atoms with E-state index in [1.165, 1.54) is 0 Å². The third kappa shape index (κ3) is 10.6. The molecule has 12 heteroatoms. The number of anilines is 2. The Labute approximate surface area is 354 Å². The average Bonchev–Trinajstić information content (AvgIpc) is 4.15. The zero-order valence-corrected chi connectivity index (χ0v) is 36.2. The van der Waals surface area contributed by atoms with Crippen molar-refractivity contribution in [2.45, 2.75) is 118 Å². The molecule has 12 nitrogen and oxygen atoms in total. The van der Waals surface area contributed by atoms with Crippen molar-refractivity contribution in [1.82, 2.24) is 20.6 Å². The number of aromatic nitrogens is 2. The maximum absolute atomic E-state index is 13.7. The fraction of sp³-hybridized carbons (Fsp3) is 0.458. The molecule has 2 atom stereocenters. The van der Waals surface area contributed by atoms with E-state index in [2.05, 4.69) is 31.2 Å². The van der Waals surface area contributed by atoms with Crippen molar-refractivity contribution in [3.8, 4) is 11.1 Å². The van der Waals surface area contributed by atoms with Crippen LogP contribution in [0.5, 0.6) is 0 Å². The van der Waals surface area contributed by atoms with Gasteiger partial charge in [0.15, 0.2) is 0 Å². The predicted octanol–water partition coefficient (Wildman–Crippen LogP) is 8.37. The highest BCUT2D eigenvalue weighted by molar-refractivity contribution is 6.05. The standard InChI is InChI=1S/C48H60N6O6/c1-9-59-47(57)43(27(3)4)51-25-33-23-49-41(21-37(33)31-17-18-31)45(55)53-39-15-11-13-35(29(39)7)36-14-12-16-40(30(36)8)54-46(56)42-22-38(32-19-20-32)34(24-50-42)26-52-44(28(5)6)48(58)60-10-2/h11-16,21-24,27-28,31-32,43-44,51-52H,9-10,17-20,25-26H2,1-8H3,(H,53,55)(H,54,56)/t43-,44?/m0/s1. The topological polar surface area (TPSA) is 161 Å². The molecule has 4 aromatic rings. The van der Waals surface area contributed by atoms with E-state index in [4.69, 9.17) is 9.47 Å². The summed E-state index contributed by atoms with van der Waals surface area (Å²) >= 11 is 0. The van der Waals surface area contributed by atoms with Gasteiger partial charge in [-0.3, -0.25) is 29.1 Å². The van der Waals surface area contributed by atoms with E-state index in [0.717, 1.165) is 70.2 Å². The van der Waals surface area contributed by atoms with Gasteiger partial charge in [0.25, 0.3) is 11.8 Å². The van der Waals surface area contributed by atoms with Gasteiger partial charge in [-0.1, -0.05) is 52.0 Å². The number of amides is 2. The lowest BCUT2D eigenvalue weighted by Gasteiger charge is -2.21. The van der Waals surface area contributed by atoms with Gasteiger partial charge in [-0.15, -0.1) is 0 Å². The second-order valence-electron chi connectivity index (χ2n) is 16.7. The number of rotatable bonds is 19. The number of benzene rings is 2. The number of nitrogens with one attached hydrogen (secondary N) is 4. The smallest absolute Gasteiger partial charge is 0.323 e. The zero-order chi connectivity index (χ0) is 43.1. The molecule has 0 saturated heterocycles. The minimum atomic E-state index is -0.441. The van der Waals surface area contributed by atoms with Crippen LogP contribution >= 0.6 is 0 Å². The van der Waals surface area contributed by atoms with E-state index in [0.29, 0.717) is 60.9 Å². The number of esters is 2. The molecule has 0 spiro atoms. The minimum Gasteiger partial charge on any atom is -0.465 e. The van der Waals surface area contributed by atoms with E-state index in [1.807, 2.05) is 90.1 Å². The van der Waals surface area contributed by atoms with Crippen LogP contribution < -0.4 is 21.3 Å². The van der Waals surface area contributed by atoms with Crippen molar-refractivity contribution in [1.29, 1.82) is 0 Å². The van der Waals surface area contributed by atoms with Crippen molar-refractivity contribution >= 4 is 35.1 Å². The largest absolute Gasteiger partial charge is 0.465 e. The van der Waals surface area contributed by atoms with Crippen LogP contribution in [0.25, 0.3) is 11.1 Å². The fourth-order valence-electron chi connectivity index (χ4n) is 7.68. The van der Waals surface area contributed by atoms with Gasteiger partial charge in [-0.05, 0) is 146 Å². The first-order valence-corrected chi connectivity index (χ1v) is 21.4. The molecule has 2 aromatic carbocycles. The van der Waals surface area contributed by atoms with Crippen molar-refractivity contribution < 1.29 is 28.7 Å². The molecule has 1 unspecified atom stereocenters. The van der Waals surface area contributed by atoms with E-state index >= 15 is 0 Å². The summed E-state index contributed by atoms with van der Waals surface area (Å²) < 4.78 is 10.6. The van der Waals surface area contributed by atoms with E-state index in [1.54, 1.807) is 26.2 Å². The Morgan fingerprint density at radius 3 is 1.35 bits per heavy atom. The molecule has 318 valence electrons. The molecule has 2 aliphatic carbocycles. The van der Waals surface area contributed by atoms with Crippen LogP contribution in [0.1, 0.15) is 133 Å². The van der Waals surface area contributed by atoms with Gasteiger partial charge in [-0.2, -0.15) is 0 Å². The number of hydrogen-bond donors (Lipinski definition) is 4. The Morgan fingerprint density at radius 2 is 1.02 bits per heavy atom. The first kappa shape index (κ1) is 44.1. The number of nitrogens with zero attached hydrogens (tertiary/aromatic N) is 2. The van der Waals surface area contributed by atoms with Crippen LogP contribution in [0.4, 0.5) is 11.4 Å². The highest BCUT2D eigenvalue weighted by Crippen LogP contribution is 2.43. The summed E-state index contributed by atoms with van der Waals surface area (Å²) in [6.07, 6.45) is 7.67. The summed E-state index contributed by atoms with van der Waals surface area (Å²) in [6.45, 7) is 17.0. The molecule has 2 amide bonds. The number of carbonyl (C=O) groups is 4. The molecule has 0 bridgehead atoms. The summed E-state index contributed by atoms with van der Waals surface area (Å²) in [7, 11) is 0. The molecular formula is C48H60N6O6. The number of hydrogen-bond acceptors (Lipinski definition) is 10. The monoisotopic (exact) mass is 816 g/mol. The lowest BCUT2D eigenvalue weighted by Crippen LogP contribution is -2.41. The van der Waals surface area contributed by atoms with Gasteiger partial charge < -0.3 is 30.7 Å². The predicted molar refractivity (Wildman–Crippen MR) is 234 cm³/mol. The molecule has 4 N–H and O–H groups in total. The molecule has 2 aliphatic rings. The average molecular weight is 817 g/mol. The van der Waals surface area contributed by atoms with Gasteiger partial charge in [0, 0.05) is 36.9 Å². The van der Waals surface area contributed by atoms with Crippen LogP contribution in [0, 0.1) is 25.7 Å². The highest BCUT2D eigenvalue weighted by atomic mass is 16.5. The quantitative estimate of drug-likeness (QED) is 0.0677. The Morgan fingerprint density at radius 1 is 0.633 bits per heavy atom. The fourth-order valence-corrected chi connectivity index (χ4v) is 7.68. The summed E-state index contributed by atoms with van der Waals surface area (Å²) in [5, 5.41) is 12.9. The Balaban J connectivity index is 1.15. The van der Waals surface area contributed by atoms with Crippen LogP contribution in [-0.2, 0) is 32.2 Å². The normalized spacial score (nSPS) is 14.8. The van der Waals surface area contributed by atoms with Crippen molar-refractivity contribution in [3.63, 3.8) is 0 Å². The number of ether oxygens (including phenoxy) is 2. The van der Waals surface area contributed by atoms with Gasteiger partial charge in [0.05, 0.1) is 13.2 Å². The molecule has 2 fully saturated rings. The maximum atomic E-state index is 13.7. The van der Waals surface area contributed by atoms with Crippen LogP contribution in [0.2, 0.25) is 0 Å². The second kappa shape index (κ2) is 19.7. The first-order valence-electron chi connectivity index (χ1n) is 21.4. The lowest BCUT2D eigenvalue weighted by atomic mass is 9.94. The zero-order valence-electron chi connectivity index (χ0n) is 36.2. The second-order valence-corrected chi connectivity index (χ2v) is 16.7. The minimum absolute atomic E-state index is 0.0511. The van der Waals surface area contributed by atoms with E-state index in [9.17, 15) is 19.2 Å². The molecular weight excluding hydrogens is 757 g/mol. The van der Waals surface area contributed by atoms with Gasteiger partial charge in [0.1, 0.15) is 23.5 Å². The van der Waals surface area contributed by atoms with Crippen molar-refractivity contribution in [2.75, 3.05) is 23.8 Å². The van der Waals surface area contributed by atoms with Crippen molar-refractivity contribution in [3.05, 3.63) is 106 Å². The highest BCUT2D eigenvalue weighted by Gasteiger charge is 2.31. The van der Waals surface area contributed by atoms with Gasteiger partial charge in [0.2, 0.25) is 0 Å². The van der Waals surface area contributed by atoms with Crippen LogP contribution in [0.3, 0.4) is 0 Å². The lowest BCUT2D eigenvalue weighted by molar-refractivity contribution is -0.147. The molecule has 6 rings (SSSR count). The Bertz CT molecular complexity index is 2060. The van der Waals surface area contributed by atoms with E-state index in [-0.39, 0.29) is 35.6 Å².